The summed E-state index contributed by atoms with van der Waals surface area (Å²) < 4.78 is 7.09. The molecule has 16 heavy (non-hydrogen) atoms. The highest BCUT2D eigenvalue weighted by Crippen LogP contribution is 2.28. The van der Waals surface area contributed by atoms with Crippen LogP contribution in [0.1, 0.15) is 5.56 Å². The summed E-state index contributed by atoms with van der Waals surface area (Å²) in [7, 11) is -1.59. The molecule has 2 rings (SSSR count). The average molecular weight is 249 g/mol. The van der Waals surface area contributed by atoms with Crippen LogP contribution >= 0.6 is 11.3 Å². The Labute approximate surface area is 101 Å². The first-order valence-electron chi connectivity index (χ1n) is 5.18. The summed E-state index contributed by atoms with van der Waals surface area (Å²) in [6.45, 7) is 10.5. The highest BCUT2D eigenvalue weighted by atomic mass is 32.1. The normalized spacial score (nSPS) is 11.7. The lowest BCUT2D eigenvalue weighted by molar-refractivity contribution is 0.517. The molecule has 0 atom stereocenters. The van der Waals surface area contributed by atoms with Crippen LogP contribution in [0.4, 0.5) is 0 Å². The molecule has 0 amide bonds. The Hall–Kier alpha value is -1.13. The van der Waals surface area contributed by atoms with E-state index in [1.807, 2.05) is 17.6 Å². The standard InChI is InChI=1S/C12H15NOSSi/c1-9(14-16(2,3)4)10-6-5-7-11-12(10)13-8-15-11/h5-8H,1H2,2-4H3. The van der Waals surface area contributed by atoms with Gasteiger partial charge in [-0.15, -0.1) is 11.3 Å². The van der Waals surface area contributed by atoms with Crippen molar-refractivity contribution < 1.29 is 4.43 Å². The molecule has 0 unspecified atom stereocenters. The maximum Gasteiger partial charge on any atom is 0.242 e. The van der Waals surface area contributed by atoms with Gasteiger partial charge in [0.05, 0.1) is 15.7 Å². The maximum atomic E-state index is 5.91. The van der Waals surface area contributed by atoms with Crippen molar-refractivity contribution in [1.29, 1.82) is 0 Å². The largest absolute Gasteiger partial charge is 0.544 e. The van der Waals surface area contributed by atoms with Crippen molar-refractivity contribution >= 4 is 35.6 Å². The molecule has 0 bridgehead atoms. The first-order valence-corrected chi connectivity index (χ1v) is 9.47. The van der Waals surface area contributed by atoms with Gasteiger partial charge in [0.15, 0.2) is 0 Å². The number of para-hydroxylation sites is 1. The van der Waals surface area contributed by atoms with Crippen LogP contribution in [0.5, 0.6) is 0 Å². The SMILES string of the molecule is C=C(O[Si](C)(C)C)c1cccc2scnc12. The van der Waals surface area contributed by atoms with Crippen LogP contribution in [-0.2, 0) is 4.43 Å². The molecular formula is C12H15NOSSi. The van der Waals surface area contributed by atoms with Crippen molar-refractivity contribution in [3.8, 4) is 0 Å². The number of rotatable bonds is 3. The Morgan fingerprint density at radius 2 is 2.12 bits per heavy atom. The van der Waals surface area contributed by atoms with Crippen LogP contribution in [0, 0.1) is 0 Å². The van der Waals surface area contributed by atoms with Crippen LogP contribution in [0.25, 0.3) is 16.0 Å². The number of thiazole rings is 1. The molecule has 84 valence electrons. The summed E-state index contributed by atoms with van der Waals surface area (Å²) >= 11 is 1.64. The highest BCUT2D eigenvalue weighted by Gasteiger charge is 2.18. The smallest absolute Gasteiger partial charge is 0.242 e. The number of benzene rings is 1. The van der Waals surface area contributed by atoms with E-state index in [1.54, 1.807) is 11.3 Å². The zero-order valence-electron chi connectivity index (χ0n) is 9.78. The van der Waals surface area contributed by atoms with E-state index in [0.717, 1.165) is 16.8 Å². The zero-order valence-corrected chi connectivity index (χ0v) is 11.6. The van der Waals surface area contributed by atoms with Gasteiger partial charge >= 0.3 is 0 Å². The van der Waals surface area contributed by atoms with Crippen molar-refractivity contribution in [3.63, 3.8) is 0 Å². The van der Waals surface area contributed by atoms with Gasteiger partial charge in [-0.05, 0) is 31.8 Å². The van der Waals surface area contributed by atoms with Crippen LogP contribution in [0.2, 0.25) is 19.6 Å². The summed E-state index contributed by atoms with van der Waals surface area (Å²) in [5, 5.41) is 0. The minimum atomic E-state index is -1.59. The van der Waals surface area contributed by atoms with E-state index in [4.69, 9.17) is 4.43 Å². The molecule has 4 heteroatoms. The lowest BCUT2D eigenvalue weighted by Gasteiger charge is -2.21. The third kappa shape index (κ3) is 2.33. The predicted octanol–water partition coefficient (Wildman–Crippen LogP) is 4.12. The van der Waals surface area contributed by atoms with E-state index < -0.39 is 8.32 Å². The van der Waals surface area contributed by atoms with E-state index in [9.17, 15) is 0 Å². The van der Waals surface area contributed by atoms with E-state index in [-0.39, 0.29) is 0 Å². The lowest BCUT2D eigenvalue weighted by atomic mass is 10.2. The van der Waals surface area contributed by atoms with Crippen LogP contribution in [-0.4, -0.2) is 13.3 Å². The van der Waals surface area contributed by atoms with E-state index in [2.05, 4.69) is 37.3 Å². The predicted molar refractivity (Wildman–Crippen MR) is 73.1 cm³/mol. The molecule has 0 saturated heterocycles. The van der Waals surface area contributed by atoms with Crippen molar-refractivity contribution in [1.82, 2.24) is 4.98 Å². The van der Waals surface area contributed by atoms with Crippen molar-refractivity contribution in [2.75, 3.05) is 0 Å². The van der Waals surface area contributed by atoms with Gasteiger partial charge in [0.1, 0.15) is 5.76 Å². The molecular weight excluding hydrogens is 234 g/mol. The fraction of sp³-hybridized carbons (Fsp3) is 0.250. The minimum Gasteiger partial charge on any atom is -0.544 e. The summed E-state index contributed by atoms with van der Waals surface area (Å²) in [6.07, 6.45) is 0. The second-order valence-corrected chi connectivity index (χ2v) is 9.96. The quantitative estimate of drug-likeness (QED) is 0.603. The third-order valence-corrected chi connectivity index (χ3v) is 3.74. The summed E-state index contributed by atoms with van der Waals surface area (Å²) in [4.78, 5) is 4.36. The first kappa shape index (κ1) is 11.4. The summed E-state index contributed by atoms with van der Waals surface area (Å²) in [6, 6.07) is 6.11. The fourth-order valence-corrected chi connectivity index (χ4v) is 3.09. The van der Waals surface area contributed by atoms with Gasteiger partial charge in [0.2, 0.25) is 8.32 Å². The van der Waals surface area contributed by atoms with E-state index >= 15 is 0 Å². The summed E-state index contributed by atoms with van der Waals surface area (Å²) in [5.41, 5.74) is 3.87. The van der Waals surface area contributed by atoms with Crippen molar-refractivity contribution in [2.45, 2.75) is 19.6 Å². The number of hydrogen-bond donors (Lipinski definition) is 0. The molecule has 2 nitrogen and oxygen atoms in total. The Kier molecular flexibility index (Phi) is 2.86. The molecule has 0 N–H and O–H groups in total. The average Bonchev–Trinajstić information content (AvgIpc) is 2.61. The van der Waals surface area contributed by atoms with Crippen LogP contribution < -0.4 is 0 Å². The van der Waals surface area contributed by atoms with E-state index in [0.29, 0.717) is 0 Å². The summed E-state index contributed by atoms with van der Waals surface area (Å²) in [5.74, 6) is 0.746. The second kappa shape index (κ2) is 4.03. The molecule has 0 aliphatic heterocycles. The van der Waals surface area contributed by atoms with E-state index in [1.165, 1.54) is 4.70 Å². The molecule has 0 fully saturated rings. The fourth-order valence-electron chi connectivity index (χ4n) is 1.54. The Morgan fingerprint density at radius 3 is 2.81 bits per heavy atom. The molecule has 2 aromatic rings. The van der Waals surface area contributed by atoms with Crippen molar-refractivity contribution in [2.24, 2.45) is 0 Å². The van der Waals surface area contributed by atoms with Gasteiger partial charge in [0, 0.05) is 5.56 Å². The molecule has 0 spiro atoms. The van der Waals surface area contributed by atoms with Crippen LogP contribution in [0.3, 0.4) is 0 Å². The Balaban J connectivity index is 2.40. The number of aromatic nitrogens is 1. The molecule has 0 radical (unpaired) electrons. The Morgan fingerprint density at radius 1 is 1.38 bits per heavy atom. The molecule has 0 saturated carbocycles. The maximum absolute atomic E-state index is 5.91. The monoisotopic (exact) mass is 249 g/mol. The number of fused-ring (bicyclic) bond motifs is 1. The number of hydrogen-bond acceptors (Lipinski definition) is 3. The van der Waals surface area contributed by atoms with Gasteiger partial charge in [-0.25, -0.2) is 4.98 Å². The second-order valence-electron chi connectivity index (χ2n) is 4.64. The van der Waals surface area contributed by atoms with Gasteiger partial charge in [-0.2, -0.15) is 0 Å². The molecule has 1 heterocycles. The molecule has 0 aliphatic carbocycles. The highest BCUT2D eigenvalue weighted by molar-refractivity contribution is 7.16. The first-order chi connectivity index (χ1) is 7.47. The molecule has 1 aromatic heterocycles. The topological polar surface area (TPSA) is 22.1 Å². The third-order valence-electron chi connectivity index (χ3n) is 2.09. The zero-order chi connectivity index (χ0) is 11.8. The Bertz CT molecular complexity index is 527. The van der Waals surface area contributed by atoms with Gasteiger partial charge in [-0.3, -0.25) is 0 Å². The number of nitrogens with zero attached hydrogens (tertiary/aromatic N) is 1. The van der Waals surface area contributed by atoms with Crippen molar-refractivity contribution in [3.05, 3.63) is 35.9 Å². The van der Waals surface area contributed by atoms with Gasteiger partial charge in [-0.1, -0.05) is 12.6 Å². The van der Waals surface area contributed by atoms with Gasteiger partial charge in [0.25, 0.3) is 0 Å². The lowest BCUT2D eigenvalue weighted by Crippen LogP contribution is -2.24. The van der Waals surface area contributed by atoms with Gasteiger partial charge < -0.3 is 4.43 Å². The van der Waals surface area contributed by atoms with Crippen LogP contribution in [0.15, 0.2) is 30.3 Å². The molecule has 1 aromatic carbocycles. The molecule has 0 aliphatic rings. The minimum absolute atomic E-state index is 0.746.